The quantitative estimate of drug-likeness (QED) is 0.418. The Balaban J connectivity index is 1.58. The van der Waals surface area contributed by atoms with Gasteiger partial charge in [0, 0.05) is 15.5 Å². The minimum Gasteiger partial charge on any atom is -0.465 e. The molecule has 184 valence electrons. The van der Waals surface area contributed by atoms with E-state index in [-0.39, 0.29) is 6.54 Å². The van der Waals surface area contributed by atoms with Crippen LogP contribution in [0.15, 0.2) is 48.5 Å². The fourth-order valence-corrected chi connectivity index (χ4v) is 6.45. The second-order valence-corrected chi connectivity index (χ2v) is 11.7. The third-order valence-electron chi connectivity index (χ3n) is 5.88. The van der Waals surface area contributed by atoms with E-state index in [0.29, 0.717) is 32.4 Å². The van der Waals surface area contributed by atoms with E-state index in [1.807, 2.05) is 0 Å². The molecular formula is C25H25ClN2O5S2. The van der Waals surface area contributed by atoms with E-state index < -0.39 is 21.9 Å². The first kappa shape index (κ1) is 25.2. The summed E-state index contributed by atoms with van der Waals surface area (Å²) in [5, 5.41) is 3.81. The smallest absolute Gasteiger partial charge is 0.341 e. The first-order valence-corrected chi connectivity index (χ1v) is 14.1. The molecule has 4 rings (SSSR count). The van der Waals surface area contributed by atoms with Gasteiger partial charge in [-0.15, -0.1) is 11.3 Å². The van der Waals surface area contributed by atoms with Gasteiger partial charge in [-0.3, -0.25) is 9.10 Å². The van der Waals surface area contributed by atoms with Gasteiger partial charge in [-0.2, -0.15) is 0 Å². The minimum atomic E-state index is -3.61. The molecule has 1 amide bonds. The molecule has 1 aromatic heterocycles. The maximum atomic E-state index is 13.0. The number of methoxy groups -OCH3 is 1. The molecule has 1 N–H and O–H groups in total. The summed E-state index contributed by atoms with van der Waals surface area (Å²) < 4.78 is 31.2. The number of carbonyl (C=O) groups excluding carboxylic acids is 2. The normalized spacial score (nSPS) is 13.1. The molecule has 0 aliphatic heterocycles. The minimum absolute atomic E-state index is 0.0628. The van der Waals surface area contributed by atoms with Crippen molar-refractivity contribution in [3.05, 3.63) is 80.7 Å². The molecule has 3 aromatic rings. The Morgan fingerprint density at radius 1 is 1.09 bits per heavy atom. The number of sulfonamides is 1. The van der Waals surface area contributed by atoms with Crippen molar-refractivity contribution >= 4 is 55.5 Å². The monoisotopic (exact) mass is 532 g/mol. The molecule has 2 aromatic carbocycles. The number of hydrogen-bond donors (Lipinski definition) is 1. The highest BCUT2D eigenvalue weighted by Gasteiger charge is 2.27. The molecule has 35 heavy (non-hydrogen) atoms. The second kappa shape index (κ2) is 10.4. The van der Waals surface area contributed by atoms with Crippen LogP contribution in [-0.4, -0.2) is 33.7 Å². The summed E-state index contributed by atoms with van der Waals surface area (Å²) in [6.45, 7) is 0.0628. The Morgan fingerprint density at radius 3 is 2.43 bits per heavy atom. The van der Waals surface area contributed by atoms with Crippen LogP contribution in [0.5, 0.6) is 0 Å². The second-order valence-electron chi connectivity index (χ2n) is 8.27. The van der Waals surface area contributed by atoms with Gasteiger partial charge < -0.3 is 10.1 Å². The molecule has 0 saturated carbocycles. The summed E-state index contributed by atoms with van der Waals surface area (Å²) in [7, 11) is -2.28. The predicted molar refractivity (Wildman–Crippen MR) is 139 cm³/mol. The van der Waals surface area contributed by atoms with Crippen molar-refractivity contribution in [2.45, 2.75) is 32.2 Å². The van der Waals surface area contributed by atoms with Crippen molar-refractivity contribution in [3.8, 4) is 0 Å². The van der Waals surface area contributed by atoms with Crippen molar-refractivity contribution in [1.29, 1.82) is 0 Å². The zero-order valence-corrected chi connectivity index (χ0v) is 21.7. The molecule has 1 aliphatic carbocycles. The Kier molecular flexibility index (Phi) is 7.49. The number of fused-ring (bicyclic) bond motifs is 1. The van der Waals surface area contributed by atoms with Crippen LogP contribution in [0.3, 0.4) is 0 Å². The SMILES string of the molecule is COC(=O)c1c(NC(=O)c2ccc(N(Cc3ccccc3Cl)S(C)(=O)=O)cc2)sc2c1CCCC2. The highest BCUT2D eigenvalue weighted by Crippen LogP contribution is 2.38. The number of amides is 1. The lowest BCUT2D eigenvalue weighted by atomic mass is 9.95. The Morgan fingerprint density at radius 2 is 1.77 bits per heavy atom. The van der Waals surface area contributed by atoms with E-state index in [0.717, 1.165) is 42.4 Å². The molecule has 0 bridgehead atoms. The number of nitrogens with one attached hydrogen (secondary N) is 1. The number of rotatable bonds is 7. The number of anilines is 2. The van der Waals surface area contributed by atoms with Gasteiger partial charge in [0.25, 0.3) is 5.91 Å². The third-order valence-corrected chi connectivity index (χ3v) is 8.59. The molecule has 1 aliphatic rings. The van der Waals surface area contributed by atoms with Crippen LogP contribution in [0, 0.1) is 0 Å². The lowest BCUT2D eigenvalue weighted by Gasteiger charge is -2.23. The number of aryl methyl sites for hydroxylation is 1. The topological polar surface area (TPSA) is 92.8 Å². The van der Waals surface area contributed by atoms with Crippen LogP contribution in [0.2, 0.25) is 5.02 Å². The first-order valence-electron chi connectivity index (χ1n) is 11.0. The zero-order valence-electron chi connectivity index (χ0n) is 19.3. The molecular weight excluding hydrogens is 508 g/mol. The van der Waals surface area contributed by atoms with Gasteiger partial charge in [0.15, 0.2) is 0 Å². The Bertz CT molecular complexity index is 1370. The van der Waals surface area contributed by atoms with Gasteiger partial charge in [-0.1, -0.05) is 29.8 Å². The molecule has 0 fully saturated rings. The molecule has 1 heterocycles. The lowest BCUT2D eigenvalue weighted by molar-refractivity contribution is 0.0601. The van der Waals surface area contributed by atoms with E-state index in [2.05, 4.69) is 5.32 Å². The molecule has 0 unspecified atom stereocenters. The van der Waals surface area contributed by atoms with Crippen LogP contribution in [0.4, 0.5) is 10.7 Å². The molecule has 0 spiro atoms. The standard InChI is InChI=1S/C25H25ClN2O5S2/c1-33-25(30)22-19-8-4-6-10-21(19)34-24(22)27-23(29)16-11-13-18(14-12-16)28(35(2,31)32)15-17-7-3-5-9-20(17)26/h3,5,7,9,11-14H,4,6,8,10,15H2,1-2H3,(H,27,29). The van der Waals surface area contributed by atoms with E-state index in [1.54, 1.807) is 48.5 Å². The summed E-state index contributed by atoms with van der Waals surface area (Å²) in [4.78, 5) is 26.5. The van der Waals surface area contributed by atoms with Gasteiger partial charge >= 0.3 is 5.97 Å². The van der Waals surface area contributed by atoms with Crippen LogP contribution in [0.25, 0.3) is 0 Å². The van der Waals surface area contributed by atoms with E-state index in [4.69, 9.17) is 16.3 Å². The van der Waals surface area contributed by atoms with Crippen molar-refractivity contribution in [3.63, 3.8) is 0 Å². The fraction of sp³-hybridized carbons (Fsp3) is 0.280. The number of benzene rings is 2. The predicted octanol–water partition coefficient (Wildman–Crippen LogP) is 5.29. The molecule has 0 atom stereocenters. The number of nitrogens with zero attached hydrogens (tertiary/aromatic N) is 1. The summed E-state index contributed by atoms with van der Waals surface area (Å²) in [6.07, 6.45) is 4.83. The average Bonchev–Trinajstić information content (AvgIpc) is 3.20. The number of carbonyl (C=O) groups is 2. The molecule has 0 radical (unpaired) electrons. The van der Waals surface area contributed by atoms with Gasteiger partial charge in [0.2, 0.25) is 10.0 Å². The maximum absolute atomic E-state index is 13.0. The number of hydrogen-bond acceptors (Lipinski definition) is 6. The van der Waals surface area contributed by atoms with Crippen LogP contribution < -0.4 is 9.62 Å². The lowest BCUT2D eigenvalue weighted by Crippen LogP contribution is -2.29. The highest BCUT2D eigenvalue weighted by molar-refractivity contribution is 7.92. The van der Waals surface area contributed by atoms with Gasteiger partial charge in [-0.05, 0) is 67.1 Å². The van der Waals surface area contributed by atoms with Crippen LogP contribution in [0.1, 0.15) is 49.6 Å². The average molecular weight is 533 g/mol. The van der Waals surface area contributed by atoms with Gasteiger partial charge in [0.05, 0.1) is 31.2 Å². The number of esters is 1. The molecule has 0 saturated heterocycles. The fourth-order valence-electron chi connectivity index (χ4n) is 4.11. The van der Waals surface area contributed by atoms with E-state index in [1.165, 1.54) is 22.8 Å². The van der Waals surface area contributed by atoms with Crippen LogP contribution >= 0.6 is 22.9 Å². The summed E-state index contributed by atoms with van der Waals surface area (Å²) in [6, 6.07) is 13.3. The van der Waals surface area contributed by atoms with E-state index >= 15 is 0 Å². The third kappa shape index (κ3) is 5.52. The van der Waals surface area contributed by atoms with Gasteiger partial charge in [0.1, 0.15) is 5.00 Å². The Hall–Kier alpha value is -2.88. The van der Waals surface area contributed by atoms with Crippen molar-refractivity contribution < 1.29 is 22.7 Å². The largest absolute Gasteiger partial charge is 0.465 e. The Labute approximate surface area is 213 Å². The zero-order chi connectivity index (χ0) is 25.2. The summed E-state index contributed by atoms with van der Waals surface area (Å²) in [5.41, 5.74) is 2.80. The molecule has 7 nitrogen and oxygen atoms in total. The maximum Gasteiger partial charge on any atom is 0.341 e. The van der Waals surface area contributed by atoms with E-state index in [9.17, 15) is 18.0 Å². The van der Waals surface area contributed by atoms with Crippen molar-refractivity contribution in [2.24, 2.45) is 0 Å². The van der Waals surface area contributed by atoms with Crippen molar-refractivity contribution in [1.82, 2.24) is 0 Å². The summed E-state index contributed by atoms with van der Waals surface area (Å²) >= 11 is 7.64. The molecule has 10 heteroatoms. The van der Waals surface area contributed by atoms with Crippen molar-refractivity contribution in [2.75, 3.05) is 23.0 Å². The summed E-state index contributed by atoms with van der Waals surface area (Å²) in [5.74, 6) is -0.851. The highest BCUT2D eigenvalue weighted by atomic mass is 35.5. The van der Waals surface area contributed by atoms with Crippen LogP contribution in [-0.2, 0) is 34.1 Å². The number of thiophene rings is 1. The number of ether oxygens (including phenoxy) is 1. The number of halogens is 1. The van der Waals surface area contributed by atoms with Gasteiger partial charge in [-0.25, -0.2) is 13.2 Å². The first-order chi connectivity index (χ1) is 16.7.